The highest BCUT2D eigenvalue weighted by atomic mass is 16.5. The Bertz CT molecular complexity index is 1030. The smallest absolute Gasteiger partial charge is 0.161 e. The molecule has 1 saturated heterocycles. The van der Waals surface area contributed by atoms with Crippen molar-refractivity contribution < 1.29 is 9.84 Å². The van der Waals surface area contributed by atoms with Crippen LogP contribution in [0.1, 0.15) is 68.8 Å². The first kappa shape index (κ1) is 17.6. The van der Waals surface area contributed by atoms with Crippen molar-refractivity contribution >= 4 is 11.0 Å². The molecule has 1 atom stereocenters. The summed E-state index contributed by atoms with van der Waals surface area (Å²) in [5.41, 5.74) is 4.21. The first-order valence-electron chi connectivity index (χ1n) is 11.0. The molecule has 1 aliphatic heterocycles. The minimum absolute atomic E-state index is 0.0139. The fourth-order valence-electron chi connectivity index (χ4n) is 4.71. The highest BCUT2D eigenvalue weighted by Gasteiger charge is 2.35. The molecule has 6 rings (SSSR count). The molecule has 7 nitrogen and oxygen atoms in total. The van der Waals surface area contributed by atoms with E-state index in [2.05, 4.69) is 28.1 Å². The van der Waals surface area contributed by atoms with Crippen LogP contribution in [-0.4, -0.2) is 42.9 Å². The second-order valence-corrected chi connectivity index (χ2v) is 8.88. The highest BCUT2D eigenvalue weighted by molar-refractivity contribution is 5.79. The van der Waals surface area contributed by atoms with E-state index >= 15 is 0 Å². The normalized spacial score (nSPS) is 27.3. The molecule has 0 radical (unpaired) electrons. The Labute approximate surface area is 169 Å². The van der Waals surface area contributed by atoms with Gasteiger partial charge in [-0.2, -0.15) is 10.2 Å². The molecule has 3 aromatic rings. The molecule has 0 amide bonds. The van der Waals surface area contributed by atoms with Gasteiger partial charge in [-0.1, -0.05) is 0 Å². The van der Waals surface area contributed by atoms with E-state index in [1.807, 2.05) is 10.9 Å². The van der Waals surface area contributed by atoms with Crippen molar-refractivity contribution in [2.75, 3.05) is 13.2 Å². The number of rotatable bonds is 5. The Morgan fingerprint density at radius 1 is 1.14 bits per heavy atom. The zero-order valence-corrected chi connectivity index (χ0v) is 16.6. The number of hydrogen-bond acceptors (Lipinski definition) is 5. The van der Waals surface area contributed by atoms with E-state index in [0.717, 1.165) is 54.6 Å². The van der Waals surface area contributed by atoms with Gasteiger partial charge in [0.1, 0.15) is 0 Å². The lowest BCUT2D eigenvalue weighted by Crippen LogP contribution is -2.29. The third-order valence-corrected chi connectivity index (χ3v) is 6.72. The largest absolute Gasteiger partial charge is 0.396 e. The van der Waals surface area contributed by atoms with Crippen LogP contribution in [0.3, 0.4) is 0 Å². The van der Waals surface area contributed by atoms with Gasteiger partial charge < -0.3 is 9.84 Å². The molecule has 1 unspecified atom stereocenters. The molecule has 2 aliphatic carbocycles. The Balaban J connectivity index is 1.37. The van der Waals surface area contributed by atoms with E-state index in [1.54, 1.807) is 0 Å². The third-order valence-electron chi connectivity index (χ3n) is 6.72. The van der Waals surface area contributed by atoms with Crippen LogP contribution in [0, 0.1) is 5.92 Å². The van der Waals surface area contributed by atoms with Crippen LogP contribution in [0.4, 0.5) is 0 Å². The first-order valence-corrected chi connectivity index (χ1v) is 11.0. The van der Waals surface area contributed by atoms with Gasteiger partial charge in [0.25, 0.3) is 0 Å². The fraction of sp³-hybridized carbons (Fsp3) is 0.591. The van der Waals surface area contributed by atoms with Crippen molar-refractivity contribution in [1.82, 2.24) is 24.5 Å². The molecule has 0 aromatic carbocycles. The maximum absolute atomic E-state index is 9.34. The van der Waals surface area contributed by atoms with E-state index < -0.39 is 0 Å². The predicted molar refractivity (Wildman–Crippen MR) is 108 cm³/mol. The quantitative estimate of drug-likeness (QED) is 0.713. The van der Waals surface area contributed by atoms with E-state index in [-0.39, 0.29) is 12.8 Å². The summed E-state index contributed by atoms with van der Waals surface area (Å²) < 4.78 is 10.0. The van der Waals surface area contributed by atoms with Crippen molar-refractivity contribution in [3.63, 3.8) is 0 Å². The van der Waals surface area contributed by atoms with Crippen LogP contribution in [-0.2, 0) is 4.74 Å². The summed E-state index contributed by atoms with van der Waals surface area (Å²) in [7, 11) is 0. The maximum Gasteiger partial charge on any atom is 0.161 e. The molecular formula is C22H27N5O2. The Hall–Kier alpha value is -2.25. The van der Waals surface area contributed by atoms with Gasteiger partial charge in [0.15, 0.2) is 11.9 Å². The van der Waals surface area contributed by atoms with E-state index in [1.165, 1.54) is 25.0 Å². The monoisotopic (exact) mass is 393 g/mol. The van der Waals surface area contributed by atoms with Crippen LogP contribution in [0.15, 0.2) is 24.5 Å². The van der Waals surface area contributed by atoms with Crippen LogP contribution in [0.2, 0.25) is 0 Å². The molecule has 152 valence electrons. The second-order valence-electron chi connectivity index (χ2n) is 8.88. The minimum atomic E-state index is -0.0139. The molecule has 3 aromatic heterocycles. The molecule has 3 aliphatic rings. The summed E-state index contributed by atoms with van der Waals surface area (Å²) in [5.74, 6) is 0.986. The zero-order chi connectivity index (χ0) is 19.4. The van der Waals surface area contributed by atoms with E-state index in [0.29, 0.717) is 17.9 Å². The first-order chi connectivity index (χ1) is 14.3. The number of aromatic nitrogens is 5. The molecule has 29 heavy (non-hydrogen) atoms. The zero-order valence-electron chi connectivity index (χ0n) is 16.6. The third kappa shape index (κ3) is 3.07. The summed E-state index contributed by atoms with van der Waals surface area (Å²) >= 11 is 0. The van der Waals surface area contributed by atoms with E-state index in [9.17, 15) is 5.11 Å². The Morgan fingerprint density at radius 2 is 2.03 bits per heavy atom. The summed E-state index contributed by atoms with van der Waals surface area (Å²) in [6.45, 7) is 1.08. The van der Waals surface area contributed by atoms with Crippen LogP contribution >= 0.6 is 0 Å². The topological polar surface area (TPSA) is 78.0 Å². The van der Waals surface area contributed by atoms with Gasteiger partial charge in [0, 0.05) is 36.3 Å². The van der Waals surface area contributed by atoms with Crippen LogP contribution < -0.4 is 0 Å². The lowest BCUT2D eigenvalue weighted by Gasteiger charge is -2.34. The van der Waals surface area contributed by atoms with Gasteiger partial charge >= 0.3 is 0 Å². The van der Waals surface area contributed by atoms with Crippen molar-refractivity contribution in [2.24, 2.45) is 5.92 Å². The van der Waals surface area contributed by atoms with Crippen LogP contribution in [0.5, 0.6) is 0 Å². The highest BCUT2D eigenvalue weighted by Crippen LogP contribution is 2.45. The summed E-state index contributed by atoms with van der Waals surface area (Å²) in [6, 6.07) is 4.62. The molecule has 0 spiro atoms. The predicted octanol–water partition coefficient (Wildman–Crippen LogP) is 3.81. The number of ether oxygens (including phenoxy) is 1. The average molecular weight is 393 g/mol. The number of hydrogen-bond donors (Lipinski definition) is 1. The van der Waals surface area contributed by atoms with Crippen molar-refractivity contribution in [1.29, 1.82) is 0 Å². The lowest BCUT2D eigenvalue weighted by atomic mass is 9.81. The SMILES string of the molecule is OC[C@H]1C[C@H](n2cc(-c3ccc4cnn(C5CCCCO5)c4n3)c(C3CC3)n2)C1. The maximum atomic E-state index is 9.34. The lowest BCUT2D eigenvalue weighted by molar-refractivity contribution is -0.0370. The molecule has 4 heterocycles. The number of aliphatic hydroxyl groups is 1. The fourth-order valence-corrected chi connectivity index (χ4v) is 4.71. The number of nitrogens with zero attached hydrogens (tertiary/aromatic N) is 5. The molecule has 1 N–H and O–H groups in total. The summed E-state index contributed by atoms with van der Waals surface area (Å²) in [4.78, 5) is 5.03. The van der Waals surface area contributed by atoms with Gasteiger partial charge in [-0.3, -0.25) is 4.68 Å². The average Bonchev–Trinajstić information content (AvgIpc) is 3.34. The van der Waals surface area contributed by atoms with Crippen molar-refractivity contribution in [3.05, 3.63) is 30.2 Å². The molecular weight excluding hydrogens is 366 g/mol. The summed E-state index contributed by atoms with van der Waals surface area (Å²) in [6.07, 6.45) is 11.8. The molecule has 0 bridgehead atoms. The minimum Gasteiger partial charge on any atom is -0.396 e. The standard InChI is InChI=1S/C22H27N5O2/c28-13-14-9-17(10-14)26-12-18(21(25-26)15-4-5-15)19-7-6-16-11-23-27(22(16)24-19)20-3-1-2-8-29-20/h6-7,11-12,14-15,17,20,28H,1-5,8-10,13H2/t14-,17-,20?. The number of pyridine rings is 1. The van der Waals surface area contributed by atoms with E-state index in [4.69, 9.17) is 14.8 Å². The van der Waals surface area contributed by atoms with Crippen LogP contribution in [0.25, 0.3) is 22.3 Å². The van der Waals surface area contributed by atoms with Gasteiger partial charge in [0.2, 0.25) is 0 Å². The van der Waals surface area contributed by atoms with Gasteiger partial charge in [-0.15, -0.1) is 0 Å². The molecule has 3 fully saturated rings. The molecule has 2 saturated carbocycles. The summed E-state index contributed by atoms with van der Waals surface area (Å²) in [5, 5.41) is 19.9. The number of aliphatic hydroxyl groups excluding tert-OH is 1. The van der Waals surface area contributed by atoms with Gasteiger partial charge in [0.05, 0.1) is 23.6 Å². The second kappa shape index (κ2) is 6.92. The van der Waals surface area contributed by atoms with Gasteiger partial charge in [-0.05, 0) is 63.0 Å². The van der Waals surface area contributed by atoms with Gasteiger partial charge in [-0.25, -0.2) is 9.67 Å². The number of fused-ring (bicyclic) bond motifs is 1. The Kier molecular flexibility index (Phi) is 4.20. The van der Waals surface area contributed by atoms with Crippen molar-refractivity contribution in [3.8, 4) is 11.3 Å². The molecule has 7 heteroatoms. The Morgan fingerprint density at radius 3 is 2.79 bits per heavy atom. The van der Waals surface area contributed by atoms with Crippen molar-refractivity contribution in [2.45, 2.75) is 63.1 Å².